The molecule has 0 radical (unpaired) electrons. The molecule has 0 N–H and O–H groups in total. The van der Waals surface area contributed by atoms with Crippen LogP contribution in [0.25, 0.3) is 11.4 Å². The Labute approximate surface area is 143 Å². The van der Waals surface area contributed by atoms with Crippen molar-refractivity contribution in [3.8, 4) is 17.5 Å². The molecule has 22 heavy (non-hydrogen) atoms. The monoisotopic (exact) mass is 376 g/mol. The normalized spacial score (nSPS) is 15.6. The fraction of sp³-hybridized carbons (Fsp3) is 0.438. The van der Waals surface area contributed by atoms with Gasteiger partial charge in [-0.3, -0.25) is 4.57 Å². The lowest BCUT2D eigenvalue weighted by molar-refractivity contribution is 0.339. The van der Waals surface area contributed by atoms with Gasteiger partial charge < -0.3 is 0 Å². The number of halogens is 1. The van der Waals surface area contributed by atoms with E-state index < -0.39 is 0 Å². The van der Waals surface area contributed by atoms with Crippen LogP contribution in [0.4, 0.5) is 0 Å². The molecule has 0 saturated heterocycles. The van der Waals surface area contributed by atoms with Gasteiger partial charge in [-0.2, -0.15) is 5.26 Å². The molecule has 1 fully saturated rings. The molecular weight excluding hydrogens is 360 g/mol. The molecule has 1 saturated carbocycles. The number of hydrogen-bond acceptors (Lipinski definition) is 4. The first-order chi connectivity index (χ1) is 10.8. The Kier molecular flexibility index (Phi) is 5.16. The van der Waals surface area contributed by atoms with E-state index in [1.54, 1.807) is 0 Å². The molecule has 1 heterocycles. The van der Waals surface area contributed by atoms with Crippen molar-refractivity contribution in [3.63, 3.8) is 0 Å². The van der Waals surface area contributed by atoms with Gasteiger partial charge in [0.25, 0.3) is 0 Å². The lowest BCUT2D eigenvalue weighted by atomic mass is 9.95. The SMILES string of the molecule is N#CCSc1nnc(-c2ccc(Br)cc2)n1C1CCCCC1. The molecule has 0 aliphatic heterocycles. The van der Waals surface area contributed by atoms with E-state index in [4.69, 9.17) is 5.26 Å². The minimum absolute atomic E-state index is 0.408. The topological polar surface area (TPSA) is 54.5 Å². The van der Waals surface area contributed by atoms with Crippen LogP contribution in [0.15, 0.2) is 33.9 Å². The van der Waals surface area contributed by atoms with Gasteiger partial charge in [-0.05, 0) is 25.0 Å². The Hall–Kier alpha value is -1.32. The molecule has 1 aromatic carbocycles. The Balaban J connectivity index is 1.99. The summed E-state index contributed by atoms with van der Waals surface area (Å²) in [6, 6.07) is 10.8. The average molecular weight is 377 g/mol. The number of hydrogen-bond donors (Lipinski definition) is 0. The van der Waals surface area contributed by atoms with E-state index in [1.807, 2.05) is 12.1 Å². The van der Waals surface area contributed by atoms with Crippen LogP contribution in [-0.2, 0) is 0 Å². The minimum Gasteiger partial charge on any atom is -0.299 e. The number of nitrogens with zero attached hydrogens (tertiary/aromatic N) is 4. The van der Waals surface area contributed by atoms with Gasteiger partial charge in [-0.25, -0.2) is 0 Å². The second-order valence-electron chi connectivity index (χ2n) is 5.42. The van der Waals surface area contributed by atoms with E-state index >= 15 is 0 Å². The molecule has 114 valence electrons. The van der Waals surface area contributed by atoms with Gasteiger partial charge >= 0.3 is 0 Å². The number of aromatic nitrogens is 3. The average Bonchev–Trinajstić information content (AvgIpc) is 2.98. The largest absolute Gasteiger partial charge is 0.299 e. The zero-order valence-corrected chi connectivity index (χ0v) is 14.6. The van der Waals surface area contributed by atoms with Crippen LogP contribution in [0.3, 0.4) is 0 Å². The standard InChI is InChI=1S/C16H17BrN4S/c17-13-8-6-12(7-9-13)15-19-20-16(22-11-10-18)21(15)14-4-2-1-3-5-14/h6-9,14H,1-5,11H2. The van der Waals surface area contributed by atoms with Crippen molar-refractivity contribution >= 4 is 27.7 Å². The van der Waals surface area contributed by atoms with Gasteiger partial charge in [0.2, 0.25) is 0 Å². The quantitative estimate of drug-likeness (QED) is 0.717. The smallest absolute Gasteiger partial charge is 0.192 e. The van der Waals surface area contributed by atoms with E-state index in [2.05, 4.69) is 48.9 Å². The maximum absolute atomic E-state index is 8.85. The molecule has 2 aromatic rings. The molecule has 0 spiro atoms. The molecule has 0 bridgehead atoms. The van der Waals surface area contributed by atoms with Gasteiger partial charge in [0, 0.05) is 16.1 Å². The fourth-order valence-electron chi connectivity index (χ4n) is 2.94. The Bertz CT molecular complexity index is 668. The highest BCUT2D eigenvalue weighted by atomic mass is 79.9. The molecular formula is C16H17BrN4S. The van der Waals surface area contributed by atoms with E-state index in [9.17, 15) is 0 Å². The van der Waals surface area contributed by atoms with Gasteiger partial charge in [0.15, 0.2) is 11.0 Å². The second kappa shape index (κ2) is 7.30. The van der Waals surface area contributed by atoms with Crippen molar-refractivity contribution in [2.75, 3.05) is 5.75 Å². The predicted molar refractivity (Wildman–Crippen MR) is 91.6 cm³/mol. The third kappa shape index (κ3) is 3.36. The Morgan fingerprint density at radius 3 is 2.59 bits per heavy atom. The number of benzene rings is 1. The Morgan fingerprint density at radius 2 is 1.91 bits per heavy atom. The number of nitriles is 1. The highest BCUT2D eigenvalue weighted by molar-refractivity contribution is 9.10. The van der Waals surface area contributed by atoms with Crippen molar-refractivity contribution < 1.29 is 0 Å². The lowest BCUT2D eigenvalue weighted by Gasteiger charge is -2.25. The van der Waals surface area contributed by atoms with Crippen molar-refractivity contribution in [1.29, 1.82) is 5.26 Å². The summed E-state index contributed by atoms with van der Waals surface area (Å²) in [5.74, 6) is 1.32. The highest BCUT2D eigenvalue weighted by Gasteiger charge is 2.23. The fourth-order valence-corrected chi connectivity index (χ4v) is 3.87. The zero-order valence-electron chi connectivity index (χ0n) is 12.2. The lowest BCUT2D eigenvalue weighted by Crippen LogP contribution is -2.15. The summed E-state index contributed by atoms with van der Waals surface area (Å²) >= 11 is 4.95. The van der Waals surface area contributed by atoms with E-state index in [0.29, 0.717) is 11.8 Å². The third-order valence-electron chi connectivity index (χ3n) is 3.97. The van der Waals surface area contributed by atoms with Crippen LogP contribution in [0, 0.1) is 11.3 Å². The summed E-state index contributed by atoms with van der Waals surface area (Å²) in [5.41, 5.74) is 1.07. The van der Waals surface area contributed by atoms with Crippen molar-refractivity contribution in [1.82, 2.24) is 14.8 Å². The van der Waals surface area contributed by atoms with Gasteiger partial charge in [-0.1, -0.05) is 59.1 Å². The summed E-state index contributed by atoms with van der Waals surface area (Å²) in [4.78, 5) is 0. The van der Waals surface area contributed by atoms with Crippen LogP contribution in [-0.4, -0.2) is 20.5 Å². The molecule has 1 aliphatic rings. The summed E-state index contributed by atoms with van der Waals surface area (Å²) < 4.78 is 3.31. The molecule has 6 heteroatoms. The van der Waals surface area contributed by atoms with Crippen molar-refractivity contribution in [3.05, 3.63) is 28.7 Å². The van der Waals surface area contributed by atoms with Crippen molar-refractivity contribution in [2.45, 2.75) is 43.3 Å². The van der Waals surface area contributed by atoms with Crippen LogP contribution in [0.5, 0.6) is 0 Å². The van der Waals surface area contributed by atoms with Crippen molar-refractivity contribution in [2.24, 2.45) is 0 Å². The summed E-state index contributed by atoms with van der Waals surface area (Å²) in [6.07, 6.45) is 6.16. The first-order valence-corrected chi connectivity index (χ1v) is 9.28. The number of rotatable bonds is 4. The zero-order chi connectivity index (χ0) is 15.4. The van der Waals surface area contributed by atoms with Crippen LogP contribution >= 0.6 is 27.7 Å². The summed E-state index contributed by atoms with van der Waals surface area (Å²) in [5, 5.41) is 18.5. The summed E-state index contributed by atoms with van der Waals surface area (Å²) in [7, 11) is 0. The first kappa shape index (κ1) is 15.6. The molecule has 0 unspecified atom stereocenters. The van der Waals surface area contributed by atoms with E-state index in [-0.39, 0.29) is 0 Å². The predicted octanol–water partition coefficient (Wildman–Crippen LogP) is 4.83. The maximum Gasteiger partial charge on any atom is 0.192 e. The first-order valence-electron chi connectivity index (χ1n) is 7.50. The van der Waals surface area contributed by atoms with Gasteiger partial charge in [-0.15, -0.1) is 10.2 Å². The molecule has 0 amide bonds. The molecule has 1 aliphatic carbocycles. The van der Waals surface area contributed by atoms with Gasteiger partial charge in [0.05, 0.1) is 11.8 Å². The van der Waals surface area contributed by atoms with E-state index in [1.165, 1.54) is 43.9 Å². The minimum atomic E-state index is 0.408. The summed E-state index contributed by atoms with van der Waals surface area (Å²) in [6.45, 7) is 0. The van der Waals surface area contributed by atoms with Crippen LogP contribution in [0.1, 0.15) is 38.1 Å². The molecule has 1 aromatic heterocycles. The van der Waals surface area contributed by atoms with Crippen LogP contribution < -0.4 is 0 Å². The highest BCUT2D eigenvalue weighted by Crippen LogP contribution is 2.35. The third-order valence-corrected chi connectivity index (χ3v) is 5.31. The molecule has 3 rings (SSSR count). The molecule has 4 nitrogen and oxygen atoms in total. The van der Waals surface area contributed by atoms with E-state index in [0.717, 1.165) is 21.0 Å². The second-order valence-corrected chi connectivity index (χ2v) is 7.28. The van der Waals surface area contributed by atoms with Gasteiger partial charge in [0.1, 0.15) is 0 Å². The van der Waals surface area contributed by atoms with Crippen LogP contribution in [0.2, 0.25) is 0 Å². The molecule has 0 atom stereocenters. The number of thioether (sulfide) groups is 1. The Morgan fingerprint density at radius 1 is 1.18 bits per heavy atom. The maximum atomic E-state index is 8.85.